The van der Waals surface area contributed by atoms with E-state index < -0.39 is 0 Å². The van der Waals surface area contributed by atoms with Gasteiger partial charge in [-0.2, -0.15) is 0 Å². The van der Waals surface area contributed by atoms with E-state index in [1.54, 1.807) is 18.6 Å². The van der Waals surface area contributed by atoms with E-state index in [1.165, 1.54) is 0 Å². The second-order valence-electron chi connectivity index (χ2n) is 5.43. The molecule has 2 N–H and O–H groups in total. The molecule has 128 valence electrons. The Kier molecular flexibility index (Phi) is 5.36. The first-order valence-electron chi connectivity index (χ1n) is 8.00. The van der Waals surface area contributed by atoms with Gasteiger partial charge in [0, 0.05) is 31.0 Å². The van der Waals surface area contributed by atoms with E-state index in [1.807, 2.05) is 37.3 Å². The average molecular weight is 337 g/mol. The maximum Gasteiger partial charge on any atom is 0.226 e. The van der Waals surface area contributed by atoms with Crippen molar-refractivity contribution in [3.63, 3.8) is 0 Å². The third-order valence-electron chi connectivity index (χ3n) is 3.56. The number of hydrogen-bond acceptors (Lipinski definition) is 6. The summed E-state index contributed by atoms with van der Waals surface area (Å²) < 4.78 is 5.67. The van der Waals surface area contributed by atoms with Crippen LogP contribution in [0.5, 0.6) is 0 Å². The van der Waals surface area contributed by atoms with Crippen LogP contribution in [0, 0.1) is 6.92 Å². The van der Waals surface area contributed by atoms with Crippen LogP contribution in [0.25, 0.3) is 11.5 Å². The van der Waals surface area contributed by atoms with E-state index in [2.05, 4.69) is 25.6 Å². The number of oxazole rings is 1. The quantitative estimate of drug-likeness (QED) is 0.642. The second-order valence-corrected chi connectivity index (χ2v) is 5.43. The molecule has 0 bridgehead atoms. The minimum Gasteiger partial charge on any atom is -0.441 e. The van der Waals surface area contributed by atoms with Gasteiger partial charge in [0.15, 0.2) is 0 Å². The molecule has 0 atom stereocenters. The Morgan fingerprint density at radius 3 is 2.76 bits per heavy atom. The number of aryl methyl sites for hydroxylation is 1. The van der Waals surface area contributed by atoms with Gasteiger partial charge in [-0.25, -0.2) is 9.97 Å². The van der Waals surface area contributed by atoms with Crippen molar-refractivity contribution in [2.24, 2.45) is 0 Å². The van der Waals surface area contributed by atoms with Crippen LogP contribution in [-0.4, -0.2) is 33.9 Å². The van der Waals surface area contributed by atoms with Crippen molar-refractivity contribution in [2.45, 2.75) is 13.3 Å². The van der Waals surface area contributed by atoms with Crippen LogP contribution >= 0.6 is 0 Å². The molecule has 7 nitrogen and oxygen atoms in total. The number of amides is 1. The normalized spacial score (nSPS) is 10.4. The largest absolute Gasteiger partial charge is 0.441 e. The third-order valence-corrected chi connectivity index (χ3v) is 3.56. The zero-order chi connectivity index (χ0) is 17.5. The molecule has 0 unspecified atom stereocenters. The third kappa shape index (κ3) is 4.63. The summed E-state index contributed by atoms with van der Waals surface area (Å²) in [6.45, 7) is 2.87. The van der Waals surface area contributed by atoms with Gasteiger partial charge in [-0.05, 0) is 19.1 Å². The molecular weight excluding hydrogens is 318 g/mol. The first-order chi connectivity index (χ1) is 12.2. The van der Waals surface area contributed by atoms with E-state index in [4.69, 9.17) is 4.42 Å². The van der Waals surface area contributed by atoms with Gasteiger partial charge in [0.25, 0.3) is 0 Å². The Balaban J connectivity index is 1.49. The van der Waals surface area contributed by atoms with Gasteiger partial charge >= 0.3 is 0 Å². The molecular formula is C18H19N5O2. The highest BCUT2D eigenvalue weighted by Crippen LogP contribution is 2.21. The highest BCUT2D eigenvalue weighted by Gasteiger charge is 2.14. The molecule has 0 saturated carbocycles. The molecule has 0 aliphatic heterocycles. The van der Waals surface area contributed by atoms with Gasteiger partial charge in [-0.1, -0.05) is 18.2 Å². The topological polar surface area (TPSA) is 92.9 Å². The number of anilines is 1. The zero-order valence-corrected chi connectivity index (χ0v) is 13.9. The van der Waals surface area contributed by atoms with Crippen LogP contribution in [0.15, 0.2) is 53.3 Å². The Bertz CT molecular complexity index is 818. The Morgan fingerprint density at radius 2 is 2.00 bits per heavy atom. The summed E-state index contributed by atoms with van der Waals surface area (Å²) in [6, 6.07) is 9.62. The lowest BCUT2D eigenvalue weighted by atomic mass is 10.2. The summed E-state index contributed by atoms with van der Waals surface area (Å²) in [7, 11) is 0. The minimum atomic E-state index is -0.100. The monoisotopic (exact) mass is 337 g/mol. The minimum absolute atomic E-state index is 0.100. The molecule has 0 radical (unpaired) electrons. The highest BCUT2D eigenvalue weighted by atomic mass is 16.4. The lowest BCUT2D eigenvalue weighted by Gasteiger charge is -2.06. The van der Waals surface area contributed by atoms with Crippen molar-refractivity contribution in [2.75, 3.05) is 18.4 Å². The number of benzene rings is 1. The standard InChI is InChI=1S/C18H19N5O2/c1-13-15(23-18(25-13)14-5-3-2-4-6-14)11-17(24)22-10-9-21-16-12-19-7-8-20-16/h2-8,12H,9-11H2,1H3,(H,20,21)(H,22,24). The molecule has 1 aromatic carbocycles. The Labute approximate surface area is 145 Å². The molecule has 0 aliphatic carbocycles. The molecule has 25 heavy (non-hydrogen) atoms. The molecule has 1 amide bonds. The van der Waals surface area contributed by atoms with Gasteiger partial charge in [0.05, 0.1) is 18.3 Å². The van der Waals surface area contributed by atoms with Gasteiger partial charge in [-0.3, -0.25) is 9.78 Å². The lowest BCUT2D eigenvalue weighted by molar-refractivity contribution is -0.120. The molecule has 2 aromatic heterocycles. The summed E-state index contributed by atoms with van der Waals surface area (Å²) in [4.78, 5) is 24.6. The molecule has 0 fully saturated rings. The van der Waals surface area contributed by atoms with Crippen LogP contribution in [0.3, 0.4) is 0 Å². The number of nitrogens with one attached hydrogen (secondary N) is 2. The molecule has 0 spiro atoms. The van der Waals surface area contributed by atoms with E-state index in [0.29, 0.717) is 36.3 Å². The van der Waals surface area contributed by atoms with Crippen LogP contribution in [0.2, 0.25) is 0 Å². The van der Waals surface area contributed by atoms with E-state index in [9.17, 15) is 4.79 Å². The van der Waals surface area contributed by atoms with Crippen LogP contribution in [0.4, 0.5) is 5.82 Å². The fourth-order valence-corrected chi connectivity index (χ4v) is 2.29. The van der Waals surface area contributed by atoms with Crippen molar-refractivity contribution in [1.29, 1.82) is 0 Å². The van der Waals surface area contributed by atoms with Gasteiger partial charge in [0.2, 0.25) is 11.8 Å². The number of carbonyl (C=O) groups excluding carboxylic acids is 1. The maximum atomic E-state index is 12.1. The lowest BCUT2D eigenvalue weighted by Crippen LogP contribution is -2.30. The van der Waals surface area contributed by atoms with E-state index in [0.717, 1.165) is 5.56 Å². The smallest absolute Gasteiger partial charge is 0.226 e. The molecule has 3 rings (SSSR count). The summed E-state index contributed by atoms with van der Waals surface area (Å²) in [5.41, 5.74) is 1.55. The summed E-state index contributed by atoms with van der Waals surface area (Å²) in [5.74, 6) is 1.77. The zero-order valence-electron chi connectivity index (χ0n) is 13.9. The first kappa shape index (κ1) is 16.6. The first-order valence-corrected chi connectivity index (χ1v) is 8.00. The van der Waals surface area contributed by atoms with Crippen molar-refractivity contribution in [3.8, 4) is 11.5 Å². The van der Waals surface area contributed by atoms with E-state index in [-0.39, 0.29) is 12.3 Å². The average Bonchev–Trinajstić information content (AvgIpc) is 3.01. The predicted octanol–water partition coefficient (Wildman–Crippen LogP) is 2.21. The van der Waals surface area contributed by atoms with Gasteiger partial charge in [-0.15, -0.1) is 0 Å². The predicted molar refractivity (Wildman–Crippen MR) is 93.9 cm³/mol. The van der Waals surface area contributed by atoms with Crippen LogP contribution in [0.1, 0.15) is 11.5 Å². The van der Waals surface area contributed by atoms with E-state index >= 15 is 0 Å². The summed E-state index contributed by atoms with van der Waals surface area (Å²) in [5, 5.41) is 5.92. The second kappa shape index (κ2) is 8.05. The number of hydrogen-bond donors (Lipinski definition) is 2. The van der Waals surface area contributed by atoms with Crippen molar-refractivity contribution >= 4 is 11.7 Å². The van der Waals surface area contributed by atoms with Gasteiger partial charge < -0.3 is 15.1 Å². The molecule has 2 heterocycles. The summed E-state index contributed by atoms with van der Waals surface area (Å²) in [6.07, 6.45) is 5.04. The SMILES string of the molecule is Cc1oc(-c2ccccc2)nc1CC(=O)NCCNc1cnccn1. The maximum absolute atomic E-state index is 12.1. The Hall–Kier alpha value is -3.22. The number of rotatable bonds is 7. The highest BCUT2D eigenvalue weighted by molar-refractivity contribution is 5.78. The fraction of sp³-hybridized carbons (Fsp3) is 0.222. The molecule has 0 saturated heterocycles. The van der Waals surface area contributed by atoms with Crippen molar-refractivity contribution < 1.29 is 9.21 Å². The van der Waals surface area contributed by atoms with Gasteiger partial charge in [0.1, 0.15) is 11.6 Å². The Morgan fingerprint density at radius 1 is 1.16 bits per heavy atom. The molecule has 3 aromatic rings. The fourth-order valence-electron chi connectivity index (χ4n) is 2.29. The van der Waals surface area contributed by atoms with Crippen molar-refractivity contribution in [1.82, 2.24) is 20.3 Å². The van der Waals surface area contributed by atoms with Crippen LogP contribution in [-0.2, 0) is 11.2 Å². The van der Waals surface area contributed by atoms with Crippen LogP contribution < -0.4 is 10.6 Å². The number of nitrogens with zero attached hydrogens (tertiary/aromatic N) is 3. The van der Waals surface area contributed by atoms with Crippen molar-refractivity contribution in [3.05, 3.63) is 60.4 Å². The molecule has 7 heteroatoms. The number of carbonyl (C=O) groups is 1. The number of aromatic nitrogens is 3. The molecule has 0 aliphatic rings. The summed E-state index contributed by atoms with van der Waals surface area (Å²) >= 11 is 0.